The van der Waals surface area contributed by atoms with Gasteiger partial charge in [0.25, 0.3) is 0 Å². The van der Waals surface area contributed by atoms with Crippen LogP contribution < -0.4 is 5.32 Å². The fraction of sp³-hybridized carbons (Fsp3) is 0.0667. The Bertz CT molecular complexity index is 589. The minimum Gasteiger partial charge on any atom is -0.307 e. The fourth-order valence-electron chi connectivity index (χ4n) is 1.46. The van der Waals surface area contributed by atoms with Gasteiger partial charge in [0, 0.05) is 12.3 Å². The van der Waals surface area contributed by atoms with Crippen LogP contribution in [0.4, 0.5) is 10.2 Å². The summed E-state index contributed by atoms with van der Waals surface area (Å²) in [5.41, 5.74) is 1.79. The van der Waals surface area contributed by atoms with E-state index in [1.54, 1.807) is 30.5 Å². The Morgan fingerprint density at radius 1 is 1.21 bits per heavy atom. The minimum atomic E-state index is -0.301. The molecule has 0 aliphatic rings. The number of nitrogens with zero attached hydrogens (tertiary/aromatic N) is 1. The van der Waals surface area contributed by atoms with Crippen molar-refractivity contribution in [3.63, 3.8) is 0 Å². The Morgan fingerprint density at radius 3 is 2.58 bits per heavy atom. The van der Waals surface area contributed by atoms with Gasteiger partial charge in [-0.1, -0.05) is 18.2 Å². The predicted octanol–water partition coefficient (Wildman–Crippen LogP) is 3.18. The first-order valence-electron chi connectivity index (χ1n) is 5.81. The monoisotopic (exact) mass is 256 g/mol. The van der Waals surface area contributed by atoms with Crippen LogP contribution in [0.25, 0.3) is 6.08 Å². The Hall–Kier alpha value is -2.49. The number of pyridine rings is 1. The fourth-order valence-corrected chi connectivity index (χ4v) is 1.46. The average Bonchev–Trinajstić information content (AvgIpc) is 2.41. The van der Waals surface area contributed by atoms with Gasteiger partial charge >= 0.3 is 0 Å². The lowest BCUT2D eigenvalue weighted by Gasteiger charge is -2.01. The summed E-state index contributed by atoms with van der Waals surface area (Å²) < 4.78 is 12.7. The molecular weight excluding hydrogens is 243 g/mol. The zero-order valence-corrected chi connectivity index (χ0v) is 10.4. The summed E-state index contributed by atoms with van der Waals surface area (Å²) in [4.78, 5) is 15.7. The van der Waals surface area contributed by atoms with Gasteiger partial charge in [0.2, 0.25) is 5.91 Å². The molecule has 2 aromatic rings. The first-order chi connectivity index (χ1) is 9.13. The van der Waals surface area contributed by atoms with Crippen molar-refractivity contribution in [2.45, 2.75) is 6.92 Å². The van der Waals surface area contributed by atoms with Crippen LogP contribution in [0.2, 0.25) is 0 Å². The van der Waals surface area contributed by atoms with Gasteiger partial charge in [-0.2, -0.15) is 0 Å². The van der Waals surface area contributed by atoms with E-state index in [0.717, 1.165) is 11.1 Å². The van der Waals surface area contributed by atoms with Crippen LogP contribution in [0.3, 0.4) is 0 Å². The number of carbonyl (C=O) groups is 1. The number of hydrogen-bond acceptors (Lipinski definition) is 2. The van der Waals surface area contributed by atoms with Crippen LogP contribution >= 0.6 is 0 Å². The maximum atomic E-state index is 12.7. The lowest BCUT2D eigenvalue weighted by Crippen LogP contribution is -2.08. The van der Waals surface area contributed by atoms with Gasteiger partial charge in [0.1, 0.15) is 11.6 Å². The topological polar surface area (TPSA) is 42.0 Å². The van der Waals surface area contributed by atoms with E-state index in [1.165, 1.54) is 18.2 Å². The molecule has 1 aromatic carbocycles. The van der Waals surface area contributed by atoms with Crippen molar-refractivity contribution in [2.75, 3.05) is 5.32 Å². The van der Waals surface area contributed by atoms with E-state index in [0.29, 0.717) is 5.82 Å². The van der Waals surface area contributed by atoms with Gasteiger partial charge in [0.15, 0.2) is 0 Å². The SMILES string of the molecule is Cc1ccc(NC(=O)/C=C/c2ccc(F)cc2)nc1. The van der Waals surface area contributed by atoms with Crippen molar-refractivity contribution in [1.29, 1.82) is 0 Å². The molecule has 2 rings (SSSR count). The summed E-state index contributed by atoms with van der Waals surface area (Å²) >= 11 is 0. The number of anilines is 1. The third kappa shape index (κ3) is 4.03. The molecule has 0 radical (unpaired) electrons. The quantitative estimate of drug-likeness (QED) is 0.857. The third-order valence-electron chi connectivity index (χ3n) is 2.46. The first kappa shape index (κ1) is 13.0. The molecule has 0 atom stereocenters. The number of amides is 1. The van der Waals surface area contributed by atoms with Crippen LogP contribution in [0, 0.1) is 12.7 Å². The molecule has 0 saturated heterocycles. The lowest BCUT2D eigenvalue weighted by molar-refractivity contribution is -0.111. The van der Waals surface area contributed by atoms with E-state index in [1.807, 2.05) is 13.0 Å². The van der Waals surface area contributed by atoms with Crippen molar-refractivity contribution in [3.8, 4) is 0 Å². The molecule has 0 saturated carbocycles. The second-order valence-corrected chi connectivity index (χ2v) is 4.09. The van der Waals surface area contributed by atoms with Gasteiger partial charge < -0.3 is 5.32 Å². The van der Waals surface area contributed by atoms with Gasteiger partial charge in [-0.25, -0.2) is 9.37 Å². The normalized spacial score (nSPS) is 10.6. The second-order valence-electron chi connectivity index (χ2n) is 4.09. The Labute approximate surface area is 110 Å². The van der Waals surface area contributed by atoms with E-state index < -0.39 is 0 Å². The third-order valence-corrected chi connectivity index (χ3v) is 2.46. The molecule has 3 nitrogen and oxygen atoms in total. The van der Waals surface area contributed by atoms with Crippen molar-refractivity contribution >= 4 is 17.8 Å². The summed E-state index contributed by atoms with van der Waals surface area (Å²) in [6.07, 6.45) is 4.68. The molecule has 1 heterocycles. The lowest BCUT2D eigenvalue weighted by atomic mass is 10.2. The standard InChI is InChI=1S/C15H13FN2O/c1-11-2-8-14(17-10-11)18-15(19)9-5-12-3-6-13(16)7-4-12/h2-10H,1H3,(H,17,18,19)/b9-5+. The minimum absolute atomic E-state index is 0.277. The average molecular weight is 256 g/mol. The molecule has 0 unspecified atom stereocenters. The van der Waals surface area contributed by atoms with Crippen LogP contribution in [-0.4, -0.2) is 10.9 Å². The number of aromatic nitrogens is 1. The van der Waals surface area contributed by atoms with Crippen molar-refractivity contribution < 1.29 is 9.18 Å². The highest BCUT2D eigenvalue weighted by atomic mass is 19.1. The maximum absolute atomic E-state index is 12.7. The van der Waals surface area contributed by atoms with Gasteiger partial charge in [0.05, 0.1) is 0 Å². The molecule has 0 spiro atoms. The number of hydrogen-bond donors (Lipinski definition) is 1. The van der Waals surface area contributed by atoms with E-state index in [-0.39, 0.29) is 11.7 Å². The molecule has 1 amide bonds. The molecule has 1 N–H and O–H groups in total. The number of rotatable bonds is 3. The summed E-state index contributed by atoms with van der Waals surface area (Å²) in [6.45, 7) is 1.92. The number of aryl methyl sites for hydroxylation is 1. The second kappa shape index (κ2) is 5.91. The number of carbonyl (C=O) groups excluding carboxylic acids is 1. The molecule has 4 heteroatoms. The summed E-state index contributed by atoms with van der Waals surface area (Å²) in [5.74, 6) is -0.0782. The van der Waals surface area contributed by atoms with Crippen LogP contribution in [0.5, 0.6) is 0 Å². The van der Waals surface area contributed by atoms with Crippen molar-refractivity contribution in [3.05, 3.63) is 65.6 Å². The predicted molar refractivity (Wildman–Crippen MR) is 73.0 cm³/mol. The summed E-state index contributed by atoms with van der Waals surface area (Å²) in [5, 5.41) is 2.64. The van der Waals surface area contributed by atoms with Crippen LogP contribution in [0.1, 0.15) is 11.1 Å². The maximum Gasteiger partial charge on any atom is 0.249 e. The Kier molecular flexibility index (Phi) is 4.03. The highest BCUT2D eigenvalue weighted by Crippen LogP contribution is 2.06. The Balaban J connectivity index is 1.97. The van der Waals surface area contributed by atoms with Crippen molar-refractivity contribution in [1.82, 2.24) is 4.98 Å². The number of halogens is 1. The zero-order chi connectivity index (χ0) is 13.7. The molecule has 0 aliphatic carbocycles. The van der Waals surface area contributed by atoms with Crippen LogP contribution in [-0.2, 0) is 4.79 Å². The molecule has 1 aromatic heterocycles. The van der Waals surface area contributed by atoms with E-state index in [2.05, 4.69) is 10.3 Å². The molecule has 19 heavy (non-hydrogen) atoms. The molecule has 96 valence electrons. The highest BCUT2D eigenvalue weighted by molar-refractivity contribution is 6.01. The number of nitrogens with one attached hydrogen (secondary N) is 1. The molecule has 0 fully saturated rings. The van der Waals surface area contributed by atoms with E-state index in [9.17, 15) is 9.18 Å². The largest absolute Gasteiger partial charge is 0.307 e. The first-order valence-corrected chi connectivity index (χ1v) is 5.81. The van der Waals surface area contributed by atoms with Gasteiger partial charge in [-0.05, 0) is 42.3 Å². The van der Waals surface area contributed by atoms with E-state index >= 15 is 0 Å². The van der Waals surface area contributed by atoms with Crippen molar-refractivity contribution in [2.24, 2.45) is 0 Å². The van der Waals surface area contributed by atoms with Crippen LogP contribution in [0.15, 0.2) is 48.7 Å². The van der Waals surface area contributed by atoms with E-state index in [4.69, 9.17) is 0 Å². The number of benzene rings is 1. The van der Waals surface area contributed by atoms with Gasteiger partial charge in [-0.15, -0.1) is 0 Å². The summed E-state index contributed by atoms with van der Waals surface area (Å²) in [7, 11) is 0. The zero-order valence-electron chi connectivity index (χ0n) is 10.4. The molecule has 0 bridgehead atoms. The van der Waals surface area contributed by atoms with Gasteiger partial charge in [-0.3, -0.25) is 4.79 Å². The smallest absolute Gasteiger partial charge is 0.249 e. The molecular formula is C15H13FN2O. The Morgan fingerprint density at radius 2 is 1.95 bits per heavy atom. The molecule has 0 aliphatic heterocycles. The highest BCUT2D eigenvalue weighted by Gasteiger charge is 1.98. The summed E-state index contributed by atoms with van der Waals surface area (Å²) in [6, 6.07) is 9.50.